The van der Waals surface area contributed by atoms with Crippen molar-refractivity contribution < 1.29 is 13.2 Å². The first-order valence-corrected chi connectivity index (χ1v) is 9.48. The molecule has 0 saturated heterocycles. The Labute approximate surface area is 174 Å². The van der Waals surface area contributed by atoms with Gasteiger partial charge in [-0.15, -0.1) is 0 Å². The molecule has 0 bridgehead atoms. The van der Waals surface area contributed by atoms with Crippen molar-refractivity contribution in [1.82, 2.24) is 29.9 Å². The van der Waals surface area contributed by atoms with Gasteiger partial charge in [0.05, 0.1) is 18.1 Å². The van der Waals surface area contributed by atoms with E-state index in [2.05, 4.69) is 20.2 Å². The third-order valence-electron chi connectivity index (χ3n) is 4.69. The van der Waals surface area contributed by atoms with Crippen molar-refractivity contribution in [2.24, 2.45) is 0 Å². The monoisotopic (exact) mass is 432 g/mol. The molecule has 3 heterocycles. The summed E-state index contributed by atoms with van der Waals surface area (Å²) in [5.74, 6) is 0. The normalized spacial score (nSPS) is 12.8. The third kappa shape index (κ3) is 3.93. The van der Waals surface area contributed by atoms with Crippen LogP contribution in [0.2, 0.25) is 5.02 Å². The van der Waals surface area contributed by atoms with Gasteiger partial charge in [0, 0.05) is 23.0 Å². The largest absolute Gasteiger partial charge is 0.437 e. The summed E-state index contributed by atoms with van der Waals surface area (Å²) in [6.45, 7) is 2.05. The SMILES string of the molecule is CCC(c1cccc(Cl)c1)n1cnc(-c2cc(-c3n[nH]nc3C(F)(F)F)ccn2)c1. The van der Waals surface area contributed by atoms with E-state index in [1.165, 1.54) is 18.3 Å². The van der Waals surface area contributed by atoms with E-state index >= 15 is 0 Å². The molecule has 0 aliphatic carbocycles. The van der Waals surface area contributed by atoms with Crippen molar-refractivity contribution in [2.75, 3.05) is 0 Å². The van der Waals surface area contributed by atoms with Gasteiger partial charge in [-0.1, -0.05) is 30.7 Å². The van der Waals surface area contributed by atoms with Crippen LogP contribution in [0.25, 0.3) is 22.6 Å². The van der Waals surface area contributed by atoms with E-state index in [4.69, 9.17) is 11.6 Å². The fourth-order valence-corrected chi connectivity index (χ4v) is 3.52. The van der Waals surface area contributed by atoms with Gasteiger partial charge in [0.25, 0.3) is 0 Å². The maximum Gasteiger partial charge on any atom is 0.437 e. The number of aromatic nitrogens is 6. The second kappa shape index (κ2) is 7.91. The van der Waals surface area contributed by atoms with Crippen molar-refractivity contribution in [3.8, 4) is 22.6 Å². The highest BCUT2D eigenvalue weighted by Crippen LogP contribution is 2.35. The number of rotatable bonds is 5. The number of alkyl halides is 3. The van der Waals surface area contributed by atoms with Crippen LogP contribution in [-0.4, -0.2) is 29.9 Å². The van der Waals surface area contributed by atoms with Gasteiger partial charge in [-0.3, -0.25) is 4.98 Å². The first kappa shape index (κ1) is 20.1. The van der Waals surface area contributed by atoms with Crippen LogP contribution < -0.4 is 0 Å². The molecule has 6 nitrogen and oxygen atoms in total. The minimum absolute atomic E-state index is 0.0144. The fraction of sp³-hybridized carbons (Fsp3) is 0.200. The van der Waals surface area contributed by atoms with Gasteiger partial charge in [-0.25, -0.2) is 4.98 Å². The number of halogens is 4. The Hall–Kier alpha value is -3.20. The zero-order chi connectivity index (χ0) is 21.3. The molecule has 30 heavy (non-hydrogen) atoms. The molecular formula is C20H16ClF3N6. The lowest BCUT2D eigenvalue weighted by Gasteiger charge is -2.17. The molecule has 10 heteroatoms. The third-order valence-corrected chi connectivity index (χ3v) is 4.93. The van der Waals surface area contributed by atoms with E-state index in [1.807, 2.05) is 47.2 Å². The van der Waals surface area contributed by atoms with Crippen molar-refractivity contribution in [2.45, 2.75) is 25.6 Å². The first-order valence-electron chi connectivity index (χ1n) is 9.10. The number of imidazole rings is 1. The van der Waals surface area contributed by atoms with Crippen LogP contribution in [0.5, 0.6) is 0 Å². The summed E-state index contributed by atoms with van der Waals surface area (Å²) in [6, 6.07) is 10.6. The Morgan fingerprint density at radius 2 is 1.93 bits per heavy atom. The lowest BCUT2D eigenvalue weighted by atomic mass is 10.0. The van der Waals surface area contributed by atoms with E-state index in [0.29, 0.717) is 16.4 Å². The molecule has 1 N–H and O–H groups in total. The number of aromatic amines is 1. The fourth-order valence-electron chi connectivity index (χ4n) is 3.32. The number of hydrogen-bond donors (Lipinski definition) is 1. The molecule has 1 aromatic carbocycles. The average molecular weight is 433 g/mol. The minimum atomic E-state index is -4.61. The van der Waals surface area contributed by atoms with Crippen LogP contribution in [0.15, 0.2) is 55.1 Å². The highest BCUT2D eigenvalue weighted by atomic mass is 35.5. The Morgan fingerprint density at radius 1 is 1.10 bits per heavy atom. The van der Waals surface area contributed by atoms with E-state index in [1.54, 1.807) is 6.33 Å². The molecule has 0 amide bonds. The van der Waals surface area contributed by atoms with Gasteiger partial charge in [0.2, 0.25) is 0 Å². The van der Waals surface area contributed by atoms with Crippen LogP contribution in [0.4, 0.5) is 13.2 Å². The van der Waals surface area contributed by atoms with E-state index in [0.717, 1.165) is 12.0 Å². The number of benzene rings is 1. The molecule has 154 valence electrons. The van der Waals surface area contributed by atoms with Gasteiger partial charge in [0.15, 0.2) is 5.69 Å². The summed E-state index contributed by atoms with van der Waals surface area (Å²) in [5, 5.41) is 9.58. The lowest BCUT2D eigenvalue weighted by molar-refractivity contribution is -0.140. The molecule has 4 aromatic rings. The van der Waals surface area contributed by atoms with Crippen molar-refractivity contribution in [1.29, 1.82) is 0 Å². The molecule has 1 unspecified atom stereocenters. The van der Waals surface area contributed by atoms with Crippen molar-refractivity contribution in [3.63, 3.8) is 0 Å². The number of nitrogens with zero attached hydrogens (tertiary/aromatic N) is 5. The van der Waals surface area contributed by atoms with Gasteiger partial charge >= 0.3 is 6.18 Å². The molecular weight excluding hydrogens is 417 g/mol. The van der Waals surface area contributed by atoms with Gasteiger partial charge in [-0.05, 0) is 36.2 Å². The van der Waals surface area contributed by atoms with Crippen LogP contribution >= 0.6 is 11.6 Å². The Morgan fingerprint density at radius 3 is 2.67 bits per heavy atom. The summed E-state index contributed by atoms with van der Waals surface area (Å²) < 4.78 is 41.4. The zero-order valence-electron chi connectivity index (χ0n) is 15.7. The van der Waals surface area contributed by atoms with E-state index in [-0.39, 0.29) is 17.3 Å². The van der Waals surface area contributed by atoms with E-state index < -0.39 is 11.9 Å². The molecule has 0 saturated carbocycles. The molecule has 0 radical (unpaired) electrons. The Bertz CT molecular complexity index is 1170. The van der Waals surface area contributed by atoms with Crippen molar-refractivity contribution >= 4 is 11.6 Å². The Balaban J connectivity index is 1.68. The van der Waals surface area contributed by atoms with Crippen molar-refractivity contribution in [3.05, 3.63) is 71.4 Å². The summed E-state index contributed by atoms with van der Waals surface area (Å²) in [5.41, 5.74) is 0.899. The molecule has 1 atom stereocenters. The predicted octanol–water partition coefficient (Wildman–Crippen LogP) is 5.40. The maximum absolute atomic E-state index is 13.1. The number of hydrogen-bond acceptors (Lipinski definition) is 4. The smallest absolute Gasteiger partial charge is 0.329 e. The lowest BCUT2D eigenvalue weighted by Crippen LogP contribution is -2.07. The summed E-state index contributed by atoms with van der Waals surface area (Å²) in [6.07, 6.45) is 1.10. The number of pyridine rings is 1. The molecule has 0 spiro atoms. The Kier molecular flexibility index (Phi) is 5.29. The van der Waals surface area contributed by atoms with Crippen LogP contribution in [0.1, 0.15) is 30.6 Å². The molecule has 4 rings (SSSR count). The summed E-state index contributed by atoms with van der Waals surface area (Å²) in [4.78, 5) is 8.66. The number of H-pyrrole nitrogens is 1. The average Bonchev–Trinajstić information content (AvgIpc) is 3.39. The van der Waals surface area contributed by atoms with Crippen LogP contribution in [0, 0.1) is 0 Å². The van der Waals surface area contributed by atoms with Gasteiger partial charge in [-0.2, -0.15) is 28.6 Å². The van der Waals surface area contributed by atoms with Crippen LogP contribution in [0.3, 0.4) is 0 Å². The minimum Gasteiger partial charge on any atom is -0.329 e. The maximum atomic E-state index is 13.1. The summed E-state index contributed by atoms with van der Waals surface area (Å²) in [7, 11) is 0. The highest BCUT2D eigenvalue weighted by Gasteiger charge is 2.38. The zero-order valence-corrected chi connectivity index (χ0v) is 16.5. The van der Waals surface area contributed by atoms with Gasteiger partial charge < -0.3 is 4.57 Å². The first-order chi connectivity index (χ1) is 14.4. The van der Waals surface area contributed by atoms with Crippen LogP contribution in [-0.2, 0) is 6.18 Å². The predicted molar refractivity (Wildman–Crippen MR) is 106 cm³/mol. The molecule has 3 aromatic heterocycles. The highest BCUT2D eigenvalue weighted by molar-refractivity contribution is 6.30. The standard InChI is InChI=1S/C20H16ClF3N6/c1-2-17(12-4-3-5-14(21)8-12)30-10-16(26-11-30)15-9-13(6-7-25-15)18-19(20(22,23)24)28-29-27-18/h3-11,17H,2H2,1H3,(H,27,28,29). The van der Waals surface area contributed by atoms with E-state index in [9.17, 15) is 13.2 Å². The number of nitrogens with one attached hydrogen (secondary N) is 1. The quantitative estimate of drug-likeness (QED) is 0.458. The topological polar surface area (TPSA) is 72.3 Å². The molecule has 0 aliphatic heterocycles. The molecule has 0 fully saturated rings. The second-order valence-corrected chi connectivity index (χ2v) is 7.07. The molecule has 0 aliphatic rings. The summed E-state index contributed by atoms with van der Waals surface area (Å²) >= 11 is 6.12. The second-order valence-electron chi connectivity index (χ2n) is 6.63. The van der Waals surface area contributed by atoms with Gasteiger partial charge in [0.1, 0.15) is 11.4 Å².